The van der Waals surface area contributed by atoms with Gasteiger partial charge in [-0.2, -0.15) is 13.2 Å². The van der Waals surface area contributed by atoms with Crippen LogP contribution in [0.4, 0.5) is 13.2 Å². The van der Waals surface area contributed by atoms with Gasteiger partial charge in [0, 0.05) is 44.7 Å². The Kier molecular flexibility index (Phi) is 6.54. The number of nitrogens with zero attached hydrogens (tertiary/aromatic N) is 2. The molecule has 3 saturated heterocycles. The molecule has 1 unspecified atom stereocenters. The summed E-state index contributed by atoms with van der Waals surface area (Å²) in [6.07, 6.45) is 3.12. The van der Waals surface area contributed by atoms with E-state index in [1.807, 2.05) is 0 Å². The van der Waals surface area contributed by atoms with Crippen molar-refractivity contribution in [1.29, 1.82) is 0 Å². The summed E-state index contributed by atoms with van der Waals surface area (Å²) in [7, 11) is 0. The molecular formula is C19H29F3N2O4. The van der Waals surface area contributed by atoms with E-state index in [-0.39, 0.29) is 5.54 Å². The third kappa shape index (κ3) is 5.37. The lowest BCUT2D eigenvalue weighted by Crippen LogP contribution is -2.54. The third-order valence-corrected chi connectivity index (χ3v) is 6.39. The predicted molar refractivity (Wildman–Crippen MR) is 94.7 cm³/mol. The van der Waals surface area contributed by atoms with Gasteiger partial charge < -0.3 is 19.6 Å². The Morgan fingerprint density at radius 3 is 2.25 bits per heavy atom. The number of carboxylic acids is 1. The molecule has 4 aliphatic rings. The predicted octanol–water partition coefficient (Wildman–Crippen LogP) is 2.52. The molecule has 0 bridgehead atoms. The summed E-state index contributed by atoms with van der Waals surface area (Å²) < 4.78 is 37.2. The van der Waals surface area contributed by atoms with E-state index < -0.39 is 12.1 Å². The van der Waals surface area contributed by atoms with Gasteiger partial charge in [-0.15, -0.1) is 0 Å². The Morgan fingerprint density at radius 2 is 1.75 bits per heavy atom. The summed E-state index contributed by atoms with van der Waals surface area (Å²) >= 11 is 0. The lowest BCUT2D eigenvalue weighted by molar-refractivity contribution is -0.192. The van der Waals surface area contributed by atoms with Crippen LogP contribution in [-0.2, 0) is 14.3 Å². The fourth-order valence-corrected chi connectivity index (χ4v) is 4.49. The molecule has 1 aliphatic carbocycles. The normalized spacial score (nSPS) is 27.8. The number of rotatable bonds is 4. The summed E-state index contributed by atoms with van der Waals surface area (Å²) in [5.41, 5.74) is 0.225. The average Bonchev–Trinajstić information content (AvgIpc) is 3.23. The minimum atomic E-state index is -5.08. The number of amides is 1. The second-order valence-corrected chi connectivity index (χ2v) is 8.51. The first kappa shape index (κ1) is 21.4. The number of carboxylic acid groups (broad SMARTS) is 1. The van der Waals surface area contributed by atoms with Gasteiger partial charge in [0.2, 0.25) is 5.91 Å². The summed E-state index contributed by atoms with van der Waals surface area (Å²) in [6, 6.07) is 0. The maximum absolute atomic E-state index is 12.3. The molecule has 6 nitrogen and oxygen atoms in total. The molecule has 4 fully saturated rings. The van der Waals surface area contributed by atoms with Crippen LogP contribution in [0.2, 0.25) is 0 Å². The van der Waals surface area contributed by atoms with Gasteiger partial charge in [-0.1, -0.05) is 0 Å². The van der Waals surface area contributed by atoms with Crippen LogP contribution < -0.4 is 0 Å². The fourth-order valence-electron chi connectivity index (χ4n) is 4.49. The quantitative estimate of drug-likeness (QED) is 0.777. The van der Waals surface area contributed by atoms with Gasteiger partial charge in [-0.3, -0.25) is 4.79 Å². The van der Waals surface area contributed by atoms with Gasteiger partial charge in [-0.25, -0.2) is 4.79 Å². The Balaban J connectivity index is 0.000000279. The summed E-state index contributed by atoms with van der Waals surface area (Å²) in [5.74, 6) is -0.767. The van der Waals surface area contributed by atoms with Crippen molar-refractivity contribution in [3.8, 4) is 0 Å². The van der Waals surface area contributed by atoms with Crippen molar-refractivity contribution in [2.45, 2.75) is 56.7 Å². The highest BCUT2D eigenvalue weighted by molar-refractivity contribution is 5.79. The molecule has 1 amide bonds. The number of halogens is 3. The number of aliphatic carboxylic acids is 1. The van der Waals surface area contributed by atoms with E-state index in [9.17, 15) is 18.0 Å². The van der Waals surface area contributed by atoms with E-state index in [1.165, 1.54) is 51.7 Å². The number of hydrogen-bond donors (Lipinski definition) is 1. The van der Waals surface area contributed by atoms with Crippen molar-refractivity contribution in [1.82, 2.24) is 9.80 Å². The maximum atomic E-state index is 12.3. The SMILES string of the molecule is O=C(O)C(F)(F)F.O=C1CCC2(CCN(CC3CCOC3)CC2)N1CC1CC1. The Hall–Kier alpha value is -1.35. The molecular weight excluding hydrogens is 377 g/mol. The average molecular weight is 406 g/mol. The lowest BCUT2D eigenvalue weighted by atomic mass is 9.84. The monoisotopic (exact) mass is 406 g/mol. The van der Waals surface area contributed by atoms with Crippen LogP contribution in [0.5, 0.6) is 0 Å². The molecule has 1 N–H and O–H groups in total. The lowest BCUT2D eigenvalue weighted by Gasteiger charge is -2.45. The molecule has 9 heteroatoms. The zero-order valence-electron chi connectivity index (χ0n) is 16.0. The molecule has 0 radical (unpaired) electrons. The minimum absolute atomic E-state index is 0.225. The van der Waals surface area contributed by atoms with E-state index in [0.29, 0.717) is 5.91 Å². The zero-order valence-corrected chi connectivity index (χ0v) is 16.0. The van der Waals surface area contributed by atoms with Crippen LogP contribution in [0.25, 0.3) is 0 Å². The number of alkyl halides is 3. The van der Waals surface area contributed by atoms with E-state index in [1.54, 1.807) is 0 Å². The van der Waals surface area contributed by atoms with Crippen molar-refractivity contribution in [3.05, 3.63) is 0 Å². The standard InChI is InChI=1S/C17H28N2O2.C2HF3O2/c20-16-3-5-17(19(16)12-14-1-2-14)6-8-18(9-7-17)11-15-4-10-21-13-15;3-2(4,5)1(6)7/h14-15H,1-13H2;(H,6,7). The summed E-state index contributed by atoms with van der Waals surface area (Å²) in [5, 5.41) is 7.12. The van der Waals surface area contributed by atoms with Crippen molar-refractivity contribution < 1.29 is 32.6 Å². The van der Waals surface area contributed by atoms with Crippen molar-refractivity contribution in [2.75, 3.05) is 39.4 Å². The molecule has 0 aromatic heterocycles. The van der Waals surface area contributed by atoms with E-state index >= 15 is 0 Å². The first-order valence-corrected chi connectivity index (χ1v) is 10.1. The zero-order chi connectivity index (χ0) is 20.4. The molecule has 3 heterocycles. The van der Waals surface area contributed by atoms with Crippen molar-refractivity contribution in [2.24, 2.45) is 11.8 Å². The first-order chi connectivity index (χ1) is 13.2. The Morgan fingerprint density at radius 1 is 1.11 bits per heavy atom. The molecule has 1 spiro atoms. The maximum Gasteiger partial charge on any atom is 0.490 e. The smallest absolute Gasteiger partial charge is 0.475 e. The van der Waals surface area contributed by atoms with E-state index in [4.69, 9.17) is 14.6 Å². The minimum Gasteiger partial charge on any atom is -0.475 e. The molecule has 28 heavy (non-hydrogen) atoms. The number of carbonyl (C=O) groups is 2. The fraction of sp³-hybridized carbons (Fsp3) is 0.895. The molecule has 3 aliphatic heterocycles. The second kappa shape index (κ2) is 8.57. The van der Waals surface area contributed by atoms with Gasteiger partial charge in [0.05, 0.1) is 6.61 Å². The molecule has 160 valence electrons. The molecule has 4 rings (SSSR count). The third-order valence-electron chi connectivity index (χ3n) is 6.39. The van der Waals surface area contributed by atoms with Gasteiger partial charge >= 0.3 is 12.1 Å². The molecule has 0 aromatic carbocycles. The molecule has 0 aromatic rings. The van der Waals surface area contributed by atoms with Crippen molar-refractivity contribution >= 4 is 11.9 Å². The van der Waals surface area contributed by atoms with E-state index in [2.05, 4.69) is 9.80 Å². The topological polar surface area (TPSA) is 70.1 Å². The second-order valence-electron chi connectivity index (χ2n) is 8.51. The van der Waals surface area contributed by atoms with Gasteiger partial charge in [0.25, 0.3) is 0 Å². The highest BCUT2D eigenvalue weighted by Crippen LogP contribution is 2.42. The molecule has 1 saturated carbocycles. The summed E-state index contributed by atoms with van der Waals surface area (Å²) in [6.45, 7) is 6.50. The van der Waals surface area contributed by atoms with Crippen LogP contribution >= 0.6 is 0 Å². The van der Waals surface area contributed by atoms with Crippen LogP contribution in [0.1, 0.15) is 44.9 Å². The van der Waals surface area contributed by atoms with Crippen LogP contribution in [0, 0.1) is 11.8 Å². The first-order valence-electron chi connectivity index (χ1n) is 10.1. The Bertz CT molecular complexity index is 566. The largest absolute Gasteiger partial charge is 0.490 e. The number of likely N-dealkylation sites (tertiary alicyclic amines) is 2. The van der Waals surface area contributed by atoms with Crippen molar-refractivity contribution in [3.63, 3.8) is 0 Å². The summed E-state index contributed by atoms with van der Waals surface area (Å²) in [4.78, 5) is 26.1. The number of ether oxygens (including phenoxy) is 1. The van der Waals surface area contributed by atoms with Crippen LogP contribution in [0.15, 0.2) is 0 Å². The van der Waals surface area contributed by atoms with Gasteiger partial charge in [0.15, 0.2) is 0 Å². The van der Waals surface area contributed by atoms with Crippen LogP contribution in [-0.4, -0.2) is 77.9 Å². The number of piperidine rings is 1. The highest BCUT2D eigenvalue weighted by atomic mass is 19.4. The van der Waals surface area contributed by atoms with E-state index in [0.717, 1.165) is 44.4 Å². The Labute approximate surface area is 163 Å². The van der Waals surface area contributed by atoms with Gasteiger partial charge in [-0.05, 0) is 50.4 Å². The van der Waals surface area contributed by atoms with Gasteiger partial charge in [0.1, 0.15) is 0 Å². The highest BCUT2D eigenvalue weighted by Gasteiger charge is 2.48. The number of hydrogen-bond acceptors (Lipinski definition) is 4. The number of carbonyl (C=O) groups excluding carboxylic acids is 1. The van der Waals surface area contributed by atoms with Crippen LogP contribution in [0.3, 0.4) is 0 Å². The molecule has 1 atom stereocenters.